The van der Waals surface area contributed by atoms with Crippen LogP contribution in [0.4, 0.5) is 5.69 Å². The van der Waals surface area contributed by atoms with Crippen molar-refractivity contribution >= 4 is 17.0 Å². The third kappa shape index (κ3) is 2.61. The molecule has 0 aliphatic carbocycles. The van der Waals surface area contributed by atoms with Crippen LogP contribution in [0.5, 0.6) is 0 Å². The van der Waals surface area contributed by atoms with Gasteiger partial charge in [-0.2, -0.15) is 0 Å². The van der Waals surface area contributed by atoms with Crippen molar-refractivity contribution in [3.63, 3.8) is 0 Å². The highest BCUT2D eigenvalue weighted by atomic mass is 32.1. The van der Waals surface area contributed by atoms with Gasteiger partial charge >= 0.3 is 0 Å². The van der Waals surface area contributed by atoms with E-state index in [2.05, 4.69) is 47.7 Å². The molecule has 16 heavy (non-hydrogen) atoms. The summed E-state index contributed by atoms with van der Waals surface area (Å²) in [5, 5.41) is 6.65. The van der Waals surface area contributed by atoms with Crippen LogP contribution in [0, 0.1) is 20.8 Å². The van der Waals surface area contributed by atoms with Gasteiger partial charge in [-0.25, -0.2) is 4.98 Å². The molecule has 1 aromatic heterocycles. The molecule has 0 spiro atoms. The van der Waals surface area contributed by atoms with Gasteiger partial charge in [0.25, 0.3) is 0 Å². The number of aromatic nitrogens is 1. The van der Waals surface area contributed by atoms with E-state index in [1.54, 1.807) is 11.3 Å². The van der Waals surface area contributed by atoms with E-state index >= 15 is 0 Å². The molecule has 0 atom stereocenters. The molecule has 84 valence electrons. The molecule has 0 saturated heterocycles. The van der Waals surface area contributed by atoms with Crippen molar-refractivity contribution < 1.29 is 0 Å². The van der Waals surface area contributed by atoms with E-state index in [1.807, 2.05) is 6.92 Å². The monoisotopic (exact) mass is 232 g/mol. The third-order valence-electron chi connectivity index (χ3n) is 2.49. The maximum atomic E-state index is 4.43. The predicted octanol–water partition coefficient (Wildman–Crippen LogP) is 3.68. The van der Waals surface area contributed by atoms with Gasteiger partial charge in [-0.3, -0.25) is 0 Å². The molecule has 2 rings (SSSR count). The van der Waals surface area contributed by atoms with Gasteiger partial charge in [0.05, 0.1) is 6.54 Å². The zero-order valence-corrected chi connectivity index (χ0v) is 10.7. The highest BCUT2D eigenvalue weighted by Crippen LogP contribution is 2.18. The summed E-state index contributed by atoms with van der Waals surface area (Å²) in [6.45, 7) is 7.06. The fraction of sp³-hybridized carbons (Fsp3) is 0.308. The molecule has 0 saturated carbocycles. The molecule has 0 fully saturated rings. The van der Waals surface area contributed by atoms with E-state index in [0.717, 1.165) is 17.2 Å². The van der Waals surface area contributed by atoms with Crippen LogP contribution in [0.1, 0.15) is 21.8 Å². The van der Waals surface area contributed by atoms with Gasteiger partial charge in [0.2, 0.25) is 0 Å². The first-order valence-electron chi connectivity index (χ1n) is 5.37. The molecule has 0 bridgehead atoms. The van der Waals surface area contributed by atoms with E-state index in [0.29, 0.717) is 0 Å². The Balaban J connectivity index is 2.07. The van der Waals surface area contributed by atoms with Gasteiger partial charge in [-0.05, 0) is 38.0 Å². The van der Waals surface area contributed by atoms with Crippen LogP contribution < -0.4 is 5.32 Å². The number of thiazole rings is 1. The Kier molecular flexibility index (Phi) is 3.25. The average molecular weight is 232 g/mol. The van der Waals surface area contributed by atoms with Crippen LogP contribution in [0.25, 0.3) is 0 Å². The van der Waals surface area contributed by atoms with Crippen LogP contribution in [0.3, 0.4) is 0 Å². The summed E-state index contributed by atoms with van der Waals surface area (Å²) in [4.78, 5) is 4.43. The largest absolute Gasteiger partial charge is 0.378 e. The smallest absolute Gasteiger partial charge is 0.112 e. The maximum Gasteiger partial charge on any atom is 0.112 e. The summed E-state index contributed by atoms with van der Waals surface area (Å²) in [7, 11) is 0. The lowest BCUT2D eigenvalue weighted by atomic mass is 10.1. The van der Waals surface area contributed by atoms with Gasteiger partial charge in [-0.15, -0.1) is 11.3 Å². The fourth-order valence-corrected chi connectivity index (χ4v) is 2.29. The first-order valence-corrected chi connectivity index (χ1v) is 6.25. The van der Waals surface area contributed by atoms with Crippen LogP contribution in [0.2, 0.25) is 0 Å². The predicted molar refractivity (Wildman–Crippen MR) is 70.1 cm³/mol. The molecule has 3 heteroatoms. The van der Waals surface area contributed by atoms with E-state index in [4.69, 9.17) is 0 Å². The van der Waals surface area contributed by atoms with Gasteiger partial charge in [0.15, 0.2) is 0 Å². The summed E-state index contributed by atoms with van der Waals surface area (Å²) < 4.78 is 0. The molecule has 1 N–H and O–H groups in total. The molecule has 0 amide bonds. The highest BCUT2D eigenvalue weighted by Gasteiger charge is 2.01. The summed E-state index contributed by atoms with van der Waals surface area (Å²) in [6, 6.07) is 6.45. The zero-order valence-electron chi connectivity index (χ0n) is 9.87. The Bertz CT molecular complexity index is 488. The van der Waals surface area contributed by atoms with Crippen LogP contribution in [-0.2, 0) is 6.54 Å². The van der Waals surface area contributed by atoms with Crippen molar-refractivity contribution in [3.8, 4) is 0 Å². The summed E-state index contributed by atoms with van der Waals surface area (Å²) >= 11 is 1.71. The van der Waals surface area contributed by atoms with Crippen molar-refractivity contribution in [3.05, 3.63) is 45.4 Å². The van der Waals surface area contributed by atoms with Crippen molar-refractivity contribution in [1.82, 2.24) is 4.98 Å². The second-order valence-corrected chi connectivity index (χ2v) is 5.00. The molecule has 0 unspecified atom stereocenters. The number of hydrogen-bond acceptors (Lipinski definition) is 3. The van der Waals surface area contributed by atoms with Gasteiger partial charge in [0, 0.05) is 16.8 Å². The third-order valence-corrected chi connectivity index (χ3v) is 3.46. The normalized spacial score (nSPS) is 10.4. The molecule has 2 aromatic rings. The van der Waals surface area contributed by atoms with Gasteiger partial charge in [-0.1, -0.05) is 12.1 Å². The number of hydrogen-bond donors (Lipinski definition) is 1. The van der Waals surface area contributed by atoms with Crippen molar-refractivity contribution in [2.75, 3.05) is 5.32 Å². The molecule has 0 aliphatic heterocycles. The minimum absolute atomic E-state index is 0.808. The Morgan fingerprint density at radius 1 is 1.25 bits per heavy atom. The van der Waals surface area contributed by atoms with Crippen LogP contribution >= 0.6 is 11.3 Å². The highest BCUT2D eigenvalue weighted by molar-refractivity contribution is 7.09. The molecule has 2 nitrogen and oxygen atoms in total. The quantitative estimate of drug-likeness (QED) is 0.873. The standard InChI is InChI=1S/C13H16N2S/c1-9-4-5-10(2)12(6-9)14-7-13-15-11(3)8-16-13/h4-6,8,14H,7H2,1-3H3. The molecular formula is C13H16N2S. The minimum atomic E-state index is 0.808. The van der Waals surface area contributed by atoms with E-state index in [9.17, 15) is 0 Å². The summed E-state index contributed by atoms with van der Waals surface area (Å²) in [5.74, 6) is 0. The van der Waals surface area contributed by atoms with E-state index in [1.165, 1.54) is 16.8 Å². The molecule has 0 aliphatic rings. The van der Waals surface area contributed by atoms with Crippen LogP contribution in [-0.4, -0.2) is 4.98 Å². The van der Waals surface area contributed by atoms with Gasteiger partial charge in [0.1, 0.15) is 5.01 Å². The first-order chi connectivity index (χ1) is 7.65. The number of aryl methyl sites for hydroxylation is 3. The van der Waals surface area contributed by atoms with E-state index < -0.39 is 0 Å². The van der Waals surface area contributed by atoms with Crippen molar-refractivity contribution in [2.24, 2.45) is 0 Å². The molecule has 0 radical (unpaired) electrons. The Labute approximate surface area is 100 Å². The fourth-order valence-electron chi connectivity index (χ4n) is 1.58. The average Bonchev–Trinajstić information content (AvgIpc) is 2.66. The van der Waals surface area contributed by atoms with Crippen molar-refractivity contribution in [2.45, 2.75) is 27.3 Å². The van der Waals surface area contributed by atoms with E-state index in [-0.39, 0.29) is 0 Å². The second-order valence-electron chi connectivity index (χ2n) is 4.05. The summed E-state index contributed by atoms with van der Waals surface area (Å²) in [6.07, 6.45) is 0. The minimum Gasteiger partial charge on any atom is -0.378 e. The zero-order chi connectivity index (χ0) is 11.5. The number of nitrogens with zero attached hydrogens (tertiary/aromatic N) is 1. The Morgan fingerprint density at radius 3 is 2.75 bits per heavy atom. The number of rotatable bonds is 3. The summed E-state index contributed by atoms with van der Waals surface area (Å²) in [5.41, 5.74) is 4.86. The molecule has 1 aromatic carbocycles. The lowest BCUT2D eigenvalue weighted by Crippen LogP contribution is -2.01. The SMILES string of the molecule is Cc1ccc(C)c(NCc2nc(C)cs2)c1. The van der Waals surface area contributed by atoms with Crippen LogP contribution in [0.15, 0.2) is 23.6 Å². The lowest BCUT2D eigenvalue weighted by molar-refractivity contribution is 1.07. The van der Waals surface area contributed by atoms with Gasteiger partial charge < -0.3 is 5.32 Å². The topological polar surface area (TPSA) is 24.9 Å². The maximum absolute atomic E-state index is 4.43. The lowest BCUT2D eigenvalue weighted by Gasteiger charge is -2.08. The number of nitrogens with one attached hydrogen (secondary N) is 1. The number of anilines is 1. The molecular weight excluding hydrogens is 216 g/mol. The Morgan fingerprint density at radius 2 is 2.06 bits per heavy atom. The Hall–Kier alpha value is -1.35. The molecule has 1 heterocycles. The number of benzene rings is 1. The van der Waals surface area contributed by atoms with Crippen molar-refractivity contribution in [1.29, 1.82) is 0 Å². The first kappa shape index (κ1) is 11.1. The second kappa shape index (κ2) is 4.66.